The summed E-state index contributed by atoms with van der Waals surface area (Å²) in [4.78, 5) is 18.0. The van der Waals surface area contributed by atoms with Crippen molar-refractivity contribution in [3.8, 4) is 0 Å². The van der Waals surface area contributed by atoms with Crippen LogP contribution in [0.1, 0.15) is 71.4 Å². The van der Waals surface area contributed by atoms with Gasteiger partial charge in [-0.15, -0.1) is 0 Å². The number of nitrogens with zero attached hydrogens (tertiary/aromatic N) is 5. The first kappa shape index (κ1) is 28.4. The van der Waals surface area contributed by atoms with Crippen LogP contribution in [0.3, 0.4) is 0 Å². The van der Waals surface area contributed by atoms with E-state index in [1.165, 1.54) is 67.8 Å². The van der Waals surface area contributed by atoms with Crippen molar-refractivity contribution >= 4 is 33.6 Å². The van der Waals surface area contributed by atoms with Crippen molar-refractivity contribution in [1.82, 2.24) is 15.0 Å². The van der Waals surface area contributed by atoms with Gasteiger partial charge in [0.25, 0.3) is 0 Å². The Morgan fingerprint density at radius 3 is 2.14 bits per heavy atom. The standard InChI is InChI=1S/C16H15F3N5.3C4H9.Sn/c17-16(18,19)13-7-12(1-3-21-13)24-10-15(11-24)2-6-23(9-15)14-8-20-4-5-22-14;3*1-3-4-2;/h1,3-4,7-8H,2,6,9-11H2;3*1,3-4H2,2H3;. The fourth-order valence-corrected chi connectivity index (χ4v) is 21.3. The molecule has 204 valence electrons. The minimum atomic E-state index is -4.42. The molecule has 4 heterocycles. The zero-order valence-electron chi connectivity index (χ0n) is 22.7. The van der Waals surface area contributed by atoms with Gasteiger partial charge in [-0.25, -0.2) is 0 Å². The van der Waals surface area contributed by atoms with E-state index in [0.29, 0.717) is 5.69 Å². The predicted molar refractivity (Wildman–Crippen MR) is 147 cm³/mol. The summed E-state index contributed by atoms with van der Waals surface area (Å²) in [6.45, 7) is 10.2. The Kier molecular flexibility index (Phi) is 9.28. The van der Waals surface area contributed by atoms with E-state index in [4.69, 9.17) is 9.97 Å². The molecular weight excluding hydrogens is 582 g/mol. The van der Waals surface area contributed by atoms with Crippen molar-refractivity contribution in [2.75, 3.05) is 36.0 Å². The monoisotopic (exact) mass is 625 g/mol. The molecule has 4 rings (SSSR count). The van der Waals surface area contributed by atoms with Gasteiger partial charge >= 0.3 is 212 Å². The minimum absolute atomic E-state index is 0.104. The molecular formula is C28H42F3N5Sn. The SMILES string of the molecule is CCC[CH2][Sn]([CH2]CCC)([CH2]CCC)[c]1cncc(N2CCC3(CN(c4ccnc(C(F)(F)F)c4)C3)C2)n1. The fraction of sp³-hybridized carbons (Fsp3) is 0.679. The Labute approximate surface area is 224 Å². The number of hydrogen-bond acceptors (Lipinski definition) is 5. The number of hydrogen-bond donors (Lipinski definition) is 0. The van der Waals surface area contributed by atoms with Crippen molar-refractivity contribution in [2.24, 2.45) is 5.41 Å². The van der Waals surface area contributed by atoms with E-state index in [-0.39, 0.29) is 5.41 Å². The molecule has 0 aromatic carbocycles. The predicted octanol–water partition coefficient (Wildman–Crippen LogP) is 6.66. The Morgan fingerprint density at radius 1 is 0.919 bits per heavy atom. The van der Waals surface area contributed by atoms with Crippen molar-refractivity contribution in [1.29, 1.82) is 0 Å². The van der Waals surface area contributed by atoms with E-state index in [1.807, 2.05) is 11.1 Å². The van der Waals surface area contributed by atoms with Crippen molar-refractivity contribution in [2.45, 2.75) is 85.2 Å². The third-order valence-electron chi connectivity index (χ3n) is 8.41. The molecule has 5 nitrogen and oxygen atoms in total. The topological polar surface area (TPSA) is 45.2 Å². The number of anilines is 2. The maximum atomic E-state index is 13.1. The van der Waals surface area contributed by atoms with Crippen LogP contribution in [-0.4, -0.2) is 59.5 Å². The van der Waals surface area contributed by atoms with Crippen LogP contribution in [0.4, 0.5) is 24.7 Å². The van der Waals surface area contributed by atoms with Crippen molar-refractivity contribution < 1.29 is 13.2 Å². The summed E-state index contributed by atoms with van der Waals surface area (Å²) in [7, 11) is 0. The molecule has 1 spiro atoms. The molecule has 0 saturated carbocycles. The first-order valence-corrected chi connectivity index (χ1v) is 21.6. The summed E-state index contributed by atoms with van der Waals surface area (Å²) >= 11 is -2.66. The van der Waals surface area contributed by atoms with Crippen LogP contribution in [0.2, 0.25) is 13.3 Å². The molecule has 2 saturated heterocycles. The average Bonchev–Trinajstić information content (AvgIpc) is 3.33. The van der Waals surface area contributed by atoms with Crippen LogP contribution in [0, 0.1) is 5.41 Å². The molecule has 0 bridgehead atoms. The Bertz CT molecular complexity index is 1000. The molecule has 2 aromatic rings. The quantitative estimate of drug-likeness (QED) is 0.247. The zero-order valence-corrected chi connectivity index (χ0v) is 25.5. The van der Waals surface area contributed by atoms with Crippen LogP contribution in [0.5, 0.6) is 0 Å². The van der Waals surface area contributed by atoms with Gasteiger partial charge in [0.1, 0.15) is 0 Å². The van der Waals surface area contributed by atoms with Gasteiger partial charge in [-0.1, -0.05) is 0 Å². The van der Waals surface area contributed by atoms with Gasteiger partial charge in [0.2, 0.25) is 0 Å². The summed E-state index contributed by atoms with van der Waals surface area (Å²) in [6, 6.07) is 2.85. The van der Waals surface area contributed by atoms with Crippen LogP contribution in [0.15, 0.2) is 30.7 Å². The third kappa shape index (κ3) is 6.53. The molecule has 37 heavy (non-hydrogen) atoms. The van der Waals surface area contributed by atoms with Gasteiger partial charge in [0, 0.05) is 0 Å². The molecule has 0 radical (unpaired) electrons. The van der Waals surface area contributed by atoms with E-state index in [2.05, 4.69) is 36.9 Å². The van der Waals surface area contributed by atoms with Crippen LogP contribution in [-0.2, 0) is 6.18 Å². The molecule has 9 heteroatoms. The van der Waals surface area contributed by atoms with Crippen molar-refractivity contribution in [3.05, 3.63) is 36.4 Å². The van der Waals surface area contributed by atoms with E-state index < -0.39 is 30.2 Å². The molecule has 0 N–H and O–H groups in total. The fourth-order valence-electron chi connectivity index (χ4n) is 6.17. The molecule has 2 aromatic heterocycles. The van der Waals surface area contributed by atoms with Gasteiger partial charge < -0.3 is 0 Å². The molecule has 2 fully saturated rings. The van der Waals surface area contributed by atoms with Gasteiger partial charge in [0.05, 0.1) is 0 Å². The van der Waals surface area contributed by atoms with Gasteiger partial charge in [-0.2, -0.15) is 13.2 Å². The van der Waals surface area contributed by atoms with Crippen LogP contribution >= 0.6 is 0 Å². The van der Waals surface area contributed by atoms with E-state index in [0.717, 1.165) is 38.4 Å². The molecule has 0 atom stereocenters. The number of halogens is 3. The second-order valence-corrected chi connectivity index (χ2v) is 24.3. The second kappa shape index (κ2) is 12.1. The Hall–Kier alpha value is -1.58. The Morgan fingerprint density at radius 2 is 1.54 bits per heavy atom. The third-order valence-corrected chi connectivity index (χ3v) is 23.4. The first-order chi connectivity index (χ1) is 17.7. The van der Waals surface area contributed by atoms with Crippen LogP contribution < -0.4 is 13.5 Å². The number of alkyl halides is 3. The molecule has 0 unspecified atom stereocenters. The van der Waals surface area contributed by atoms with Crippen molar-refractivity contribution in [3.63, 3.8) is 0 Å². The first-order valence-electron chi connectivity index (χ1n) is 14.1. The Balaban J connectivity index is 1.48. The summed E-state index contributed by atoms with van der Waals surface area (Å²) < 4.78 is 44.8. The number of rotatable bonds is 12. The summed E-state index contributed by atoms with van der Waals surface area (Å²) in [6.07, 6.45) is 9.48. The number of unbranched alkanes of at least 4 members (excludes halogenated alkanes) is 3. The van der Waals surface area contributed by atoms with E-state index in [9.17, 15) is 13.2 Å². The summed E-state index contributed by atoms with van der Waals surface area (Å²) in [5.74, 6) is 1.00. The van der Waals surface area contributed by atoms with Gasteiger partial charge in [-0.3, -0.25) is 0 Å². The molecule has 0 amide bonds. The van der Waals surface area contributed by atoms with E-state index >= 15 is 0 Å². The van der Waals surface area contributed by atoms with Gasteiger partial charge in [0.15, 0.2) is 0 Å². The second-order valence-electron chi connectivity index (χ2n) is 11.3. The molecule has 0 aliphatic carbocycles. The normalized spacial score (nSPS) is 17.5. The summed E-state index contributed by atoms with van der Waals surface area (Å²) in [5.41, 5.74) is -0.114. The molecule has 2 aliphatic rings. The zero-order chi connectivity index (χ0) is 26.5. The van der Waals surface area contributed by atoms with Gasteiger partial charge in [-0.05, 0) is 0 Å². The number of aromatic nitrogens is 3. The summed E-state index contributed by atoms with van der Waals surface area (Å²) in [5, 5.41) is 0. The van der Waals surface area contributed by atoms with E-state index in [1.54, 1.807) is 6.07 Å². The molecule has 2 aliphatic heterocycles. The maximum absolute atomic E-state index is 13.1. The van der Waals surface area contributed by atoms with Crippen LogP contribution in [0.25, 0.3) is 0 Å². The number of pyridine rings is 1. The average molecular weight is 624 g/mol.